The number of rotatable bonds is 0. The Labute approximate surface area is 37.4 Å². The van der Waals surface area contributed by atoms with Crippen LogP contribution < -0.4 is 4.99 Å². The van der Waals surface area contributed by atoms with Crippen molar-refractivity contribution in [1.29, 1.82) is 0 Å². The fraction of sp³-hybridized carbons (Fsp3) is 0.400. The van der Waals surface area contributed by atoms with Crippen LogP contribution in [0.3, 0.4) is 0 Å². The minimum Gasteiger partial charge on any atom is -0.321 e. The Balaban J connectivity index is 2.71. The number of nitrogens with one attached hydrogen (secondary N) is 1. The van der Waals surface area contributed by atoms with Crippen molar-refractivity contribution in [2.45, 2.75) is 13.8 Å². The van der Waals surface area contributed by atoms with Crippen LogP contribution in [0.4, 0.5) is 0 Å². The average molecular weight is 81.1 g/mol. The van der Waals surface area contributed by atoms with Crippen molar-refractivity contribution in [1.82, 2.24) is 0 Å². The monoisotopic (exact) mass is 81.1 g/mol. The molecule has 0 aliphatic carbocycles. The zero-order chi connectivity index (χ0) is 4.57. The van der Waals surface area contributed by atoms with Crippen LogP contribution in [-0.4, -0.2) is 6.21 Å². The van der Waals surface area contributed by atoms with Gasteiger partial charge in [0.05, 0.1) is 5.70 Å². The molecule has 0 amide bonds. The fourth-order valence-corrected chi connectivity index (χ4v) is 0.312. The SMILES string of the molecule is CC1=C(C)[NH+]=[C-]1. The van der Waals surface area contributed by atoms with Gasteiger partial charge in [0.15, 0.2) is 0 Å². The molecular weight excluding hydrogens is 74.1 g/mol. The zero-order valence-corrected chi connectivity index (χ0v) is 4.00. The lowest BCUT2D eigenvalue weighted by Crippen LogP contribution is -2.72. The molecule has 0 saturated heterocycles. The summed E-state index contributed by atoms with van der Waals surface area (Å²) < 4.78 is 0. The van der Waals surface area contributed by atoms with Gasteiger partial charge < -0.3 is 4.99 Å². The Hall–Kier alpha value is -0.590. The van der Waals surface area contributed by atoms with Crippen molar-refractivity contribution in [3.05, 3.63) is 11.3 Å². The molecule has 0 saturated carbocycles. The molecule has 1 aliphatic rings. The lowest BCUT2D eigenvalue weighted by Gasteiger charge is -2.02. The minimum atomic E-state index is 1.25. The Bertz CT molecular complexity index is 106. The first-order valence-corrected chi connectivity index (χ1v) is 2.00. The highest BCUT2D eigenvalue weighted by atomic mass is 14.8. The van der Waals surface area contributed by atoms with Gasteiger partial charge in [-0.2, -0.15) is 0 Å². The van der Waals surface area contributed by atoms with Crippen molar-refractivity contribution in [2.75, 3.05) is 0 Å². The first-order valence-electron chi connectivity index (χ1n) is 2.00. The summed E-state index contributed by atoms with van der Waals surface area (Å²) in [6, 6.07) is 0. The van der Waals surface area contributed by atoms with E-state index in [-0.39, 0.29) is 0 Å². The molecule has 6 heavy (non-hydrogen) atoms. The Morgan fingerprint density at radius 1 is 1.50 bits per heavy atom. The van der Waals surface area contributed by atoms with Gasteiger partial charge in [0.25, 0.3) is 0 Å². The molecule has 0 unspecified atom stereocenters. The lowest BCUT2D eigenvalue weighted by molar-refractivity contribution is -0.405. The minimum absolute atomic E-state index is 1.25. The van der Waals surface area contributed by atoms with E-state index in [0.29, 0.717) is 0 Å². The van der Waals surface area contributed by atoms with Crippen LogP contribution in [0.5, 0.6) is 0 Å². The molecule has 0 atom stereocenters. The molecule has 0 spiro atoms. The normalized spacial score (nSPS) is 18.3. The standard InChI is InChI=1S/C5H7N/c1-4-3-6-5(4)2/h6H,1-2H3. The lowest BCUT2D eigenvalue weighted by atomic mass is 10.2. The molecular formula is C5H7N. The Kier molecular flexibility index (Phi) is 0.560. The van der Waals surface area contributed by atoms with Crippen LogP contribution in [0.2, 0.25) is 0 Å². The summed E-state index contributed by atoms with van der Waals surface area (Å²) in [6.45, 7) is 4.07. The van der Waals surface area contributed by atoms with Crippen LogP contribution in [0.1, 0.15) is 13.8 Å². The van der Waals surface area contributed by atoms with Crippen molar-refractivity contribution in [3.8, 4) is 0 Å². The summed E-state index contributed by atoms with van der Waals surface area (Å²) in [6.07, 6.45) is 2.89. The molecule has 1 rings (SSSR count). The quantitative estimate of drug-likeness (QED) is 0.371. The molecule has 0 aromatic carbocycles. The molecule has 0 aromatic heterocycles. The largest absolute Gasteiger partial charge is 0.321 e. The van der Waals surface area contributed by atoms with Gasteiger partial charge in [-0.3, -0.25) is 0 Å². The van der Waals surface area contributed by atoms with Crippen molar-refractivity contribution < 1.29 is 4.99 Å². The fourth-order valence-electron chi connectivity index (χ4n) is 0.312. The molecule has 0 aromatic rings. The third-order valence-electron chi connectivity index (χ3n) is 1.00. The van der Waals surface area contributed by atoms with Crippen molar-refractivity contribution >= 4 is 6.21 Å². The van der Waals surface area contributed by atoms with E-state index >= 15 is 0 Å². The summed E-state index contributed by atoms with van der Waals surface area (Å²) >= 11 is 0. The maximum absolute atomic E-state index is 2.89. The maximum atomic E-state index is 2.89. The molecule has 1 nitrogen and oxygen atoms in total. The van der Waals surface area contributed by atoms with E-state index in [4.69, 9.17) is 0 Å². The third kappa shape index (κ3) is 0.280. The Morgan fingerprint density at radius 2 is 2.00 bits per heavy atom. The molecule has 0 radical (unpaired) electrons. The molecule has 1 heterocycles. The van der Waals surface area contributed by atoms with Gasteiger partial charge in [-0.25, -0.2) is 0 Å². The van der Waals surface area contributed by atoms with Gasteiger partial charge in [0, 0.05) is 0 Å². The summed E-state index contributed by atoms with van der Waals surface area (Å²) in [4.78, 5) is 2.89. The predicted molar refractivity (Wildman–Crippen MR) is 24.3 cm³/mol. The molecule has 1 aliphatic heterocycles. The average Bonchev–Trinajstić information content (AvgIpc) is 1.61. The first kappa shape index (κ1) is 3.59. The molecule has 0 bridgehead atoms. The summed E-state index contributed by atoms with van der Waals surface area (Å²) in [5.74, 6) is 0. The van der Waals surface area contributed by atoms with Crippen LogP contribution in [0, 0.1) is 0 Å². The topological polar surface area (TPSA) is 14.0 Å². The number of allylic oxidation sites excluding steroid dienone is 2. The Morgan fingerprint density at radius 3 is 2.00 bits per heavy atom. The van der Waals surface area contributed by atoms with Gasteiger partial charge in [0.2, 0.25) is 0 Å². The zero-order valence-electron chi connectivity index (χ0n) is 4.00. The number of hydrogen-bond acceptors (Lipinski definition) is 0. The first-order chi connectivity index (χ1) is 2.80. The summed E-state index contributed by atoms with van der Waals surface area (Å²) in [5.41, 5.74) is 2.49. The second-order valence-electron chi connectivity index (χ2n) is 1.50. The van der Waals surface area contributed by atoms with E-state index in [1.807, 2.05) is 13.8 Å². The van der Waals surface area contributed by atoms with E-state index in [2.05, 4.69) is 11.2 Å². The second kappa shape index (κ2) is 0.934. The predicted octanol–water partition coefficient (Wildman–Crippen LogP) is -0.678. The van der Waals surface area contributed by atoms with Gasteiger partial charge in [-0.15, -0.1) is 0 Å². The van der Waals surface area contributed by atoms with Crippen LogP contribution in [-0.2, 0) is 0 Å². The van der Waals surface area contributed by atoms with Crippen LogP contribution >= 0.6 is 0 Å². The number of hydrogen-bond donors (Lipinski definition) is 1. The second-order valence-corrected chi connectivity index (χ2v) is 1.50. The van der Waals surface area contributed by atoms with E-state index in [1.54, 1.807) is 0 Å². The van der Waals surface area contributed by atoms with E-state index in [1.165, 1.54) is 11.3 Å². The van der Waals surface area contributed by atoms with Crippen LogP contribution in [0.15, 0.2) is 11.3 Å². The maximum Gasteiger partial charge on any atom is 0.121 e. The third-order valence-corrected chi connectivity index (χ3v) is 1.00. The van der Waals surface area contributed by atoms with Gasteiger partial charge in [-0.05, 0) is 12.5 Å². The molecule has 1 N–H and O–H groups in total. The molecule has 32 valence electrons. The molecule has 0 fully saturated rings. The molecule has 1 heteroatoms. The van der Waals surface area contributed by atoms with Crippen LogP contribution in [0.25, 0.3) is 0 Å². The smallest absolute Gasteiger partial charge is 0.121 e. The van der Waals surface area contributed by atoms with E-state index in [0.717, 1.165) is 0 Å². The van der Waals surface area contributed by atoms with Gasteiger partial charge in [-0.1, -0.05) is 6.92 Å². The van der Waals surface area contributed by atoms with E-state index in [9.17, 15) is 0 Å². The van der Waals surface area contributed by atoms with Crippen molar-refractivity contribution in [2.24, 2.45) is 0 Å². The van der Waals surface area contributed by atoms with E-state index < -0.39 is 0 Å². The highest BCUT2D eigenvalue weighted by Gasteiger charge is 1.97. The van der Waals surface area contributed by atoms with Gasteiger partial charge >= 0.3 is 0 Å². The van der Waals surface area contributed by atoms with Gasteiger partial charge in [0.1, 0.15) is 6.21 Å². The summed E-state index contributed by atoms with van der Waals surface area (Å²) in [7, 11) is 0. The highest BCUT2D eigenvalue weighted by Crippen LogP contribution is 1.91. The highest BCUT2D eigenvalue weighted by molar-refractivity contribution is 5.77. The summed E-state index contributed by atoms with van der Waals surface area (Å²) in [5, 5.41) is 0. The van der Waals surface area contributed by atoms with Crippen molar-refractivity contribution in [3.63, 3.8) is 0 Å².